The number of fused-ring (bicyclic) bond motifs is 1. The molecule has 2 aromatic carbocycles. The monoisotopic (exact) mass is 407 g/mol. The van der Waals surface area contributed by atoms with Crippen LogP contribution in [0, 0.1) is 0 Å². The zero-order chi connectivity index (χ0) is 20.9. The van der Waals surface area contributed by atoms with Crippen molar-refractivity contribution < 1.29 is 14.3 Å². The third kappa shape index (κ3) is 4.82. The number of piperidine rings is 1. The van der Waals surface area contributed by atoms with E-state index in [0.29, 0.717) is 12.3 Å². The molecule has 0 saturated carbocycles. The van der Waals surface area contributed by atoms with Gasteiger partial charge in [0.2, 0.25) is 5.91 Å². The second-order valence-corrected chi connectivity index (χ2v) is 8.07. The Hall–Kier alpha value is -2.86. The van der Waals surface area contributed by atoms with E-state index in [2.05, 4.69) is 34.5 Å². The van der Waals surface area contributed by atoms with E-state index in [4.69, 9.17) is 4.74 Å². The number of anilines is 1. The first-order chi connectivity index (χ1) is 14.6. The predicted molar refractivity (Wildman–Crippen MR) is 116 cm³/mol. The van der Waals surface area contributed by atoms with Crippen molar-refractivity contribution in [3.8, 4) is 5.75 Å². The van der Waals surface area contributed by atoms with Gasteiger partial charge >= 0.3 is 0 Å². The third-order valence-corrected chi connectivity index (χ3v) is 5.84. The molecule has 2 heterocycles. The molecule has 0 bridgehead atoms. The molecule has 0 aliphatic carbocycles. The number of benzene rings is 2. The van der Waals surface area contributed by atoms with Crippen LogP contribution in [0.1, 0.15) is 31.7 Å². The maximum Gasteiger partial charge on any atom is 0.267 e. The van der Waals surface area contributed by atoms with Gasteiger partial charge in [0, 0.05) is 38.6 Å². The second-order valence-electron chi connectivity index (χ2n) is 8.07. The first kappa shape index (κ1) is 20.4. The molecule has 1 saturated heterocycles. The maximum absolute atomic E-state index is 12.5. The molecule has 2 amide bonds. The lowest BCUT2D eigenvalue weighted by atomic mass is 10.0. The van der Waals surface area contributed by atoms with Crippen LogP contribution >= 0.6 is 0 Å². The standard InChI is InChI=1S/C24H29N3O3/c1-18-24(29)27(21-9-5-6-10-22(21)30-18)16-13-23(28)25-20-11-14-26(15-12-20)17-19-7-3-2-4-8-19/h2-10,18,20H,11-17H2,1H3,(H,25,28). The average Bonchev–Trinajstić information content (AvgIpc) is 2.76. The molecule has 2 aliphatic heterocycles. The van der Waals surface area contributed by atoms with E-state index >= 15 is 0 Å². The molecule has 2 aromatic rings. The highest BCUT2D eigenvalue weighted by atomic mass is 16.5. The second kappa shape index (κ2) is 9.30. The van der Waals surface area contributed by atoms with E-state index in [0.717, 1.165) is 38.2 Å². The molecule has 0 spiro atoms. The highest BCUT2D eigenvalue weighted by Crippen LogP contribution is 2.33. The lowest BCUT2D eigenvalue weighted by molar-refractivity contribution is -0.125. The summed E-state index contributed by atoms with van der Waals surface area (Å²) in [6.45, 7) is 5.02. The predicted octanol–water partition coefficient (Wildman–Crippen LogP) is 2.97. The van der Waals surface area contributed by atoms with Crippen molar-refractivity contribution in [3.63, 3.8) is 0 Å². The van der Waals surface area contributed by atoms with Crippen molar-refractivity contribution in [2.45, 2.75) is 44.9 Å². The summed E-state index contributed by atoms with van der Waals surface area (Å²) in [6.07, 6.45) is 1.66. The van der Waals surface area contributed by atoms with Crippen LogP contribution in [0.5, 0.6) is 5.75 Å². The highest BCUT2D eigenvalue weighted by molar-refractivity contribution is 6.00. The van der Waals surface area contributed by atoms with Gasteiger partial charge in [0.25, 0.3) is 5.91 Å². The molecule has 0 radical (unpaired) electrons. The van der Waals surface area contributed by atoms with Gasteiger partial charge in [-0.2, -0.15) is 0 Å². The zero-order valence-electron chi connectivity index (χ0n) is 17.4. The number of likely N-dealkylation sites (tertiary alicyclic amines) is 1. The van der Waals surface area contributed by atoms with Gasteiger partial charge in [-0.15, -0.1) is 0 Å². The van der Waals surface area contributed by atoms with Crippen molar-refractivity contribution in [2.75, 3.05) is 24.5 Å². The Morgan fingerprint density at radius 3 is 2.53 bits per heavy atom. The Bertz CT molecular complexity index is 878. The maximum atomic E-state index is 12.5. The van der Waals surface area contributed by atoms with Gasteiger partial charge in [-0.1, -0.05) is 42.5 Å². The normalized spacial score (nSPS) is 19.8. The highest BCUT2D eigenvalue weighted by Gasteiger charge is 2.31. The Balaban J connectivity index is 1.24. The van der Waals surface area contributed by atoms with Crippen molar-refractivity contribution >= 4 is 17.5 Å². The molecule has 30 heavy (non-hydrogen) atoms. The third-order valence-electron chi connectivity index (χ3n) is 5.84. The summed E-state index contributed by atoms with van der Waals surface area (Å²) < 4.78 is 5.66. The fourth-order valence-electron chi connectivity index (χ4n) is 4.18. The van der Waals surface area contributed by atoms with Crippen LogP contribution in [0.15, 0.2) is 54.6 Å². The molecular formula is C24H29N3O3. The van der Waals surface area contributed by atoms with E-state index in [1.807, 2.05) is 30.3 Å². The summed E-state index contributed by atoms with van der Waals surface area (Å²) >= 11 is 0. The molecule has 1 atom stereocenters. The summed E-state index contributed by atoms with van der Waals surface area (Å²) in [4.78, 5) is 29.2. The summed E-state index contributed by atoms with van der Waals surface area (Å²) in [6, 6.07) is 18.2. The smallest absolute Gasteiger partial charge is 0.267 e. The lowest BCUT2D eigenvalue weighted by Gasteiger charge is -2.34. The largest absolute Gasteiger partial charge is 0.479 e. The van der Waals surface area contributed by atoms with Crippen molar-refractivity contribution in [1.82, 2.24) is 10.2 Å². The van der Waals surface area contributed by atoms with Crippen molar-refractivity contribution in [1.29, 1.82) is 0 Å². The molecule has 1 fully saturated rings. The van der Waals surface area contributed by atoms with Crippen LogP contribution in [0.3, 0.4) is 0 Å². The number of para-hydroxylation sites is 2. The molecule has 6 heteroatoms. The number of carbonyl (C=O) groups excluding carboxylic acids is 2. The Morgan fingerprint density at radius 1 is 1.07 bits per heavy atom. The number of carbonyl (C=O) groups is 2. The number of nitrogens with zero attached hydrogens (tertiary/aromatic N) is 2. The fourth-order valence-corrected chi connectivity index (χ4v) is 4.18. The Labute approximate surface area is 177 Å². The summed E-state index contributed by atoms with van der Waals surface area (Å²) in [5, 5.41) is 3.16. The van der Waals surface area contributed by atoms with Gasteiger partial charge in [0.15, 0.2) is 6.10 Å². The van der Waals surface area contributed by atoms with E-state index in [-0.39, 0.29) is 24.3 Å². The van der Waals surface area contributed by atoms with E-state index in [1.54, 1.807) is 11.8 Å². The van der Waals surface area contributed by atoms with Gasteiger partial charge in [0.1, 0.15) is 5.75 Å². The van der Waals surface area contributed by atoms with E-state index in [1.165, 1.54) is 5.56 Å². The SMILES string of the molecule is CC1Oc2ccccc2N(CCC(=O)NC2CCN(Cc3ccccc3)CC2)C1=O. The molecule has 4 rings (SSSR count). The number of nitrogens with one attached hydrogen (secondary N) is 1. The quantitative estimate of drug-likeness (QED) is 0.800. The number of hydrogen-bond donors (Lipinski definition) is 1. The Kier molecular flexibility index (Phi) is 6.33. The van der Waals surface area contributed by atoms with Crippen LogP contribution in [0.4, 0.5) is 5.69 Å². The summed E-state index contributed by atoms with van der Waals surface area (Å²) in [5.74, 6) is 0.590. The topological polar surface area (TPSA) is 61.9 Å². The zero-order valence-corrected chi connectivity index (χ0v) is 17.4. The minimum Gasteiger partial charge on any atom is -0.479 e. The minimum atomic E-state index is -0.531. The van der Waals surface area contributed by atoms with Crippen molar-refractivity contribution in [2.24, 2.45) is 0 Å². The van der Waals surface area contributed by atoms with Gasteiger partial charge in [-0.05, 0) is 37.5 Å². The number of rotatable bonds is 6. The first-order valence-electron chi connectivity index (χ1n) is 10.7. The molecule has 0 aromatic heterocycles. The number of ether oxygens (including phenoxy) is 1. The molecule has 6 nitrogen and oxygen atoms in total. The van der Waals surface area contributed by atoms with E-state index < -0.39 is 6.10 Å². The molecule has 1 unspecified atom stereocenters. The first-order valence-corrected chi connectivity index (χ1v) is 10.7. The van der Waals surface area contributed by atoms with Crippen LogP contribution in [-0.2, 0) is 16.1 Å². The number of hydrogen-bond acceptors (Lipinski definition) is 4. The van der Waals surface area contributed by atoms with Gasteiger partial charge < -0.3 is 15.0 Å². The van der Waals surface area contributed by atoms with E-state index in [9.17, 15) is 9.59 Å². The molecule has 158 valence electrons. The molecule has 2 aliphatic rings. The Morgan fingerprint density at radius 2 is 1.77 bits per heavy atom. The minimum absolute atomic E-state index is 0.000866. The summed E-state index contributed by atoms with van der Waals surface area (Å²) in [7, 11) is 0. The van der Waals surface area contributed by atoms with Gasteiger partial charge in [-0.25, -0.2) is 0 Å². The molecule has 1 N–H and O–H groups in total. The van der Waals surface area contributed by atoms with Crippen LogP contribution in [0.2, 0.25) is 0 Å². The fraction of sp³-hybridized carbons (Fsp3) is 0.417. The van der Waals surface area contributed by atoms with Gasteiger partial charge in [-0.3, -0.25) is 14.5 Å². The average molecular weight is 408 g/mol. The molecular weight excluding hydrogens is 378 g/mol. The summed E-state index contributed by atoms with van der Waals surface area (Å²) in [5.41, 5.74) is 2.06. The lowest BCUT2D eigenvalue weighted by Crippen LogP contribution is -2.47. The van der Waals surface area contributed by atoms with Crippen molar-refractivity contribution in [3.05, 3.63) is 60.2 Å². The van der Waals surface area contributed by atoms with Crippen LogP contribution in [-0.4, -0.2) is 48.5 Å². The van der Waals surface area contributed by atoms with Gasteiger partial charge in [0.05, 0.1) is 5.69 Å². The number of amides is 2. The van der Waals surface area contributed by atoms with Crippen LogP contribution in [0.25, 0.3) is 0 Å². The van der Waals surface area contributed by atoms with Crippen LogP contribution < -0.4 is 15.0 Å².